The molecule has 1 rings (SSSR count). The maximum absolute atomic E-state index is 12.4. The minimum absolute atomic E-state index is 0.0153. The molecule has 0 aliphatic carbocycles. The second-order valence-corrected chi connectivity index (χ2v) is 13.6. The molecule has 0 saturated heterocycles. The first-order valence-electron chi connectivity index (χ1n) is 13.5. The number of carbonyl (C=O) groups excluding carboxylic acids is 3. The Bertz CT molecular complexity index is 989. The summed E-state index contributed by atoms with van der Waals surface area (Å²) in [6.45, 7) is 6.77. The Balaban J connectivity index is 2.09. The van der Waals surface area contributed by atoms with E-state index in [1.54, 1.807) is 28.5 Å². The molecule has 1 aromatic heterocycles. The number of amides is 4. The van der Waals surface area contributed by atoms with Crippen molar-refractivity contribution in [3.63, 3.8) is 0 Å². The summed E-state index contributed by atoms with van der Waals surface area (Å²) in [4.78, 5) is 54.5. The van der Waals surface area contributed by atoms with E-state index < -0.39 is 11.6 Å². The van der Waals surface area contributed by atoms with Crippen molar-refractivity contribution in [3.05, 3.63) is 22.1 Å². The van der Waals surface area contributed by atoms with Crippen LogP contribution in [0.2, 0.25) is 0 Å². The lowest BCUT2D eigenvalue weighted by Crippen LogP contribution is -2.49. The highest BCUT2D eigenvalue weighted by Gasteiger charge is 2.20. The third-order valence-corrected chi connectivity index (χ3v) is 8.18. The molecule has 0 radical (unpaired) electrons. The number of H-pyrrole nitrogens is 1. The standard InChI is InChI=1S/C25H47N9O4S2/c1-20-17-21(35)31-24(30-20)32-25(38)29-10-8-14-34(5,6)19-23(37)28-12-16-40-39-15-11-27-22(36)18-33(3,4)13-7-9-26-2/h17,26H,7-16,18-19H2,1-6H3,(H3-2,27,28,29,30,31,32,35,36,37,38)/p+2. The van der Waals surface area contributed by atoms with Gasteiger partial charge in [-0.3, -0.25) is 19.7 Å². The summed E-state index contributed by atoms with van der Waals surface area (Å²) in [7, 11) is 13.4. The smallest absolute Gasteiger partial charge is 0.321 e. The van der Waals surface area contributed by atoms with E-state index in [4.69, 9.17) is 0 Å². The number of hydrogen-bond donors (Lipinski definition) is 6. The van der Waals surface area contributed by atoms with Gasteiger partial charge in [0.25, 0.3) is 17.4 Å². The largest absolute Gasteiger partial charge is 0.350 e. The van der Waals surface area contributed by atoms with Crippen LogP contribution >= 0.6 is 21.6 Å². The Morgan fingerprint density at radius 3 is 1.88 bits per heavy atom. The monoisotopic (exact) mass is 603 g/mol. The molecule has 0 aliphatic heterocycles. The molecule has 228 valence electrons. The van der Waals surface area contributed by atoms with Crippen molar-refractivity contribution in [2.24, 2.45) is 0 Å². The fourth-order valence-corrected chi connectivity index (χ4v) is 5.63. The molecule has 0 fully saturated rings. The molecule has 15 heteroatoms. The van der Waals surface area contributed by atoms with Crippen LogP contribution in [0.5, 0.6) is 0 Å². The third-order valence-electron chi connectivity index (χ3n) is 5.77. The first-order valence-corrected chi connectivity index (χ1v) is 16.0. The molecule has 0 aromatic carbocycles. The number of rotatable bonds is 20. The van der Waals surface area contributed by atoms with E-state index in [0.717, 1.165) is 31.0 Å². The zero-order valence-electron chi connectivity index (χ0n) is 24.9. The van der Waals surface area contributed by atoms with Gasteiger partial charge in [0.15, 0.2) is 13.1 Å². The summed E-state index contributed by atoms with van der Waals surface area (Å²) in [6.07, 6.45) is 1.72. The highest BCUT2D eigenvalue weighted by molar-refractivity contribution is 8.76. The van der Waals surface area contributed by atoms with Gasteiger partial charge in [0.05, 0.1) is 41.3 Å². The summed E-state index contributed by atoms with van der Waals surface area (Å²) in [5.74, 6) is 1.76. The minimum Gasteiger partial charge on any atom is -0.350 e. The van der Waals surface area contributed by atoms with Gasteiger partial charge in [0.2, 0.25) is 5.95 Å². The Morgan fingerprint density at radius 1 is 0.850 bits per heavy atom. The number of nitrogens with zero attached hydrogens (tertiary/aromatic N) is 3. The number of quaternary nitrogens is 2. The fraction of sp³-hybridized carbons (Fsp3) is 0.720. The normalized spacial score (nSPS) is 11.7. The van der Waals surface area contributed by atoms with Gasteiger partial charge in [-0.25, -0.2) is 4.79 Å². The van der Waals surface area contributed by atoms with Gasteiger partial charge in [-0.15, -0.1) is 0 Å². The first-order chi connectivity index (χ1) is 18.8. The summed E-state index contributed by atoms with van der Waals surface area (Å²) in [5, 5.41) is 14.3. The lowest BCUT2D eigenvalue weighted by atomic mass is 10.3. The topological polar surface area (TPSA) is 157 Å². The highest BCUT2D eigenvalue weighted by Crippen LogP contribution is 2.19. The number of hydrogen-bond acceptors (Lipinski definition) is 8. The number of aryl methyl sites for hydroxylation is 1. The molecule has 0 aliphatic rings. The molecular weight excluding hydrogens is 554 g/mol. The van der Waals surface area contributed by atoms with Gasteiger partial charge in [-0.1, -0.05) is 21.6 Å². The van der Waals surface area contributed by atoms with Gasteiger partial charge < -0.3 is 35.2 Å². The molecule has 0 atom stereocenters. The number of likely N-dealkylation sites (N-methyl/N-ethyl adjacent to an activating group) is 2. The number of aromatic amines is 1. The van der Waals surface area contributed by atoms with Crippen molar-refractivity contribution in [2.75, 3.05) is 104 Å². The Kier molecular flexibility index (Phi) is 16.9. The number of urea groups is 1. The van der Waals surface area contributed by atoms with E-state index in [2.05, 4.69) is 50.6 Å². The molecular formula is C25H49N9O4S2+2. The van der Waals surface area contributed by atoms with E-state index in [1.165, 1.54) is 6.07 Å². The molecule has 0 unspecified atom stereocenters. The second kappa shape index (κ2) is 18.9. The van der Waals surface area contributed by atoms with Crippen LogP contribution in [0.25, 0.3) is 0 Å². The molecule has 13 nitrogen and oxygen atoms in total. The Labute approximate surface area is 246 Å². The van der Waals surface area contributed by atoms with Gasteiger partial charge in [-0.2, -0.15) is 4.98 Å². The summed E-state index contributed by atoms with van der Waals surface area (Å²) in [6, 6.07) is 0.894. The summed E-state index contributed by atoms with van der Waals surface area (Å²) < 4.78 is 1.17. The van der Waals surface area contributed by atoms with Crippen LogP contribution in [-0.2, 0) is 9.59 Å². The molecule has 0 saturated carbocycles. The maximum Gasteiger partial charge on any atom is 0.321 e. The maximum atomic E-state index is 12.4. The van der Waals surface area contributed by atoms with Gasteiger partial charge in [-0.05, 0) is 14.0 Å². The van der Waals surface area contributed by atoms with E-state index in [1.807, 2.05) is 21.1 Å². The van der Waals surface area contributed by atoms with Crippen LogP contribution in [-0.4, -0.2) is 136 Å². The van der Waals surface area contributed by atoms with Gasteiger partial charge in [0.1, 0.15) is 0 Å². The number of anilines is 1. The molecule has 40 heavy (non-hydrogen) atoms. The lowest BCUT2D eigenvalue weighted by Gasteiger charge is -2.29. The summed E-state index contributed by atoms with van der Waals surface area (Å²) in [5.41, 5.74) is 0.184. The van der Waals surface area contributed by atoms with E-state index in [-0.39, 0.29) is 17.8 Å². The SMILES string of the molecule is CNCCC[N+](C)(C)CC(=O)NCCSSCCNC(=O)C[N+](C)(C)CCCNC(=O)Nc1nc(=O)cc(C)[nH]1. The lowest BCUT2D eigenvalue weighted by molar-refractivity contribution is -0.882. The zero-order valence-corrected chi connectivity index (χ0v) is 26.5. The first kappa shape index (κ1) is 35.7. The number of nitrogens with one attached hydrogen (secondary N) is 6. The summed E-state index contributed by atoms with van der Waals surface area (Å²) >= 11 is 0. The van der Waals surface area contributed by atoms with Crippen LogP contribution < -0.4 is 32.1 Å². The molecule has 1 heterocycles. The number of aromatic nitrogens is 2. The quantitative estimate of drug-likeness (QED) is 0.0689. The van der Waals surface area contributed by atoms with Crippen molar-refractivity contribution in [3.8, 4) is 0 Å². The molecule has 0 bridgehead atoms. The van der Waals surface area contributed by atoms with Crippen molar-refractivity contribution < 1.29 is 23.3 Å². The Hall–Kier alpha value is -2.33. The van der Waals surface area contributed by atoms with Crippen LogP contribution in [0.15, 0.2) is 10.9 Å². The Morgan fingerprint density at radius 2 is 1.38 bits per heavy atom. The van der Waals surface area contributed by atoms with Crippen molar-refractivity contribution in [2.45, 2.75) is 19.8 Å². The zero-order chi connectivity index (χ0) is 30.0. The van der Waals surface area contributed by atoms with Crippen molar-refractivity contribution >= 4 is 45.4 Å². The average Bonchev–Trinajstić information content (AvgIpc) is 2.82. The molecule has 6 N–H and O–H groups in total. The van der Waals surface area contributed by atoms with Crippen LogP contribution in [0.4, 0.5) is 10.7 Å². The highest BCUT2D eigenvalue weighted by atomic mass is 33.1. The third kappa shape index (κ3) is 18.1. The van der Waals surface area contributed by atoms with E-state index >= 15 is 0 Å². The average molecular weight is 604 g/mol. The van der Waals surface area contributed by atoms with Crippen molar-refractivity contribution in [1.82, 2.24) is 31.2 Å². The predicted molar refractivity (Wildman–Crippen MR) is 164 cm³/mol. The van der Waals surface area contributed by atoms with Crippen molar-refractivity contribution in [1.29, 1.82) is 0 Å². The van der Waals surface area contributed by atoms with E-state index in [9.17, 15) is 19.2 Å². The van der Waals surface area contributed by atoms with Crippen LogP contribution in [0.3, 0.4) is 0 Å². The second-order valence-electron chi connectivity index (χ2n) is 10.9. The fourth-order valence-electron chi connectivity index (χ4n) is 3.81. The molecule has 1 aromatic rings. The van der Waals surface area contributed by atoms with Crippen LogP contribution in [0, 0.1) is 6.92 Å². The molecule has 0 spiro atoms. The van der Waals surface area contributed by atoms with Gasteiger partial charge >= 0.3 is 6.03 Å². The van der Waals surface area contributed by atoms with Crippen LogP contribution in [0.1, 0.15) is 18.5 Å². The minimum atomic E-state index is -0.450. The number of carbonyl (C=O) groups is 3. The predicted octanol–water partition coefficient (Wildman–Crippen LogP) is -0.0340. The van der Waals surface area contributed by atoms with E-state index in [0.29, 0.717) is 60.3 Å². The molecule has 4 amide bonds. The van der Waals surface area contributed by atoms with Gasteiger partial charge in [0, 0.05) is 62.3 Å².